The molecule has 1 heterocycles. The average Bonchev–Trinajstić information content (AvgIpc) is 2.33. The van der Waals surface area contributed by atoms with Gasteiger partial charge in [0.1, 0.15) is 11.5 Å². The Morgan fingerprint density at radius 1 is 1.38 bits per heavy atom. The molecule has 0 amide bonds. The molecule has 0 bridgehead atoms. The van der Waals surface area contributed by atoms with Gasteiger partial charge in [-0.05, 0) is 49.9 Å². The molecule has 0 spiro atoms. The van der Waals surface area contributed by atoms with Gasteiger partial charge in [0.2, 0.25) is 0 Å². The number of nitrogens with one attached hydrogen (secondary N) is 1. The fraction of sp³-hybridized carbons (Fsp3) is 0.538. The molecule has 1 fully saturated rings. The van der Waals surface area contributed by atoms with Gasteiger partial charge in [-0.3, -0.25) is 0 Å². The van der Waals surface area contributed by atoms with E-state index in [1.165, 1.54) is 18.4 Å². The first-order chi connectivity index (χ1) is 7.79. The van der Waals surface area contributed by atoms with Crippen LogP contribution in [0.1, 0.15) is 18.4 Å². The van der Waals surface area contributed by atoms with E-state index in [4.69, 9.17) is 4.74 Å². The van der Waals surface area contributed by atoms with Crippen molar-refractivity contribution in [1.29, 1.82) is 0 Å². The highest BCUT2D eigenvalue weighted by molar-refractivity contribution is 5.40. The molecule has 16 heavy (non-hydrogen) atoms. The number of phenolic OH excluding ortho intramolecular Hbond substituents is 1. The quantitative estimate of drug-likeness (QED) is 0.819. The Balaban J connectivity index is 2.07. The topological polar surface area (TPSA) is 41.5 Å². The molecule has 0 aliphatic carbocycles. The highest BCUT2D eigenvalue weighted by Crippen LogP contribution is 2.28. The number of phenols is 1. The van der Waals surface area contributed by atoms with Crippen molar-refractivity contribution in [2.45, 2.75) is 19.3 Å². The van der Waals surface area contributed by atoms with Crippen LogP contribution in [0.4, 0.5) is 0 Å². The largest absolute Gasteiger partial charge is 0.508 e. The predicted molar refractivity (Wildman–Crippen MR) is 64.0 cm³/mol. The van der Waals surface area contributed by atoms with Crippen LogP contribution in [0.15, 0.2) is 18.2 Å². The molecule has 1 saturated heterocycles. The third-order valence-corrected chi connectivity index (χ3v) is 3.24. The van der Waals surface area contributed by atoms with Gasteiger partial charge < -0.3 is 15.2 Å². The van der Waals surface area contributed by atoms with Crippen LogP contribution in [-0.2, 0) is 6.42 Å². The molecule has 1 aliphatic rings. The smallest absolute Gasteiger partial charge is 0.125 e. The summed E-state index contributed by atoms with van der Waals surface area (Å²) in [6.45, 7) is 2.23. The number of ether oxygens (including phenoxy) is 1. The van der Waals surface area contributed by atoms with Crippen molar-refractivity contribution in [2.24, 2.45) is 5.92 Å². The molecular formula is C13H19NO2. The van der Waals surface area contributed by atoms with Gasteiger partial charge in [-0.15, -0.1) is 0 Å². The maximum Gasteiger partial charge on any atom is 0.125 e. The second-order valence-electron chi connectivity index (χ2n) is 4.39. The minimum atomic E-state index is 0.269. The predicted octanol–water partition coefficient (Wildman–Crippen LogP) is 1.94. The number of hydrogen-bond acceptors (Lipinski definition) is 3. The molecule has 0 radical (unpaired) electrons. The van der Waals surface area contributed by atoms with E-state index in [-0.39, 0.29) is 5.75 Å². The van der Waals surface area contributed by atoms with Crippen LogP contribution in [0.3, 0.4) is 0 Å². The monoisotopic (exact) mass is 221 g/mol. The third kappa shape index (κ3) is 2.67. The van der Waals surface area contributed by atoms with E-state index in [0.717, 1.165) is 31.2 Å². The molecule has 1 aliphatic heterocycles. The Hall–Kier alpha value is -1.22. The number of methoxy groups -OCH3 is 1. The Bertz CT molecular complexity index is 346. The molecule has 0 aromatic heterocycles. The highest BCUT2D eigenvalue weighted by atomic mass is 16.5. The molecule has 0 atom stereocenters. The van der Waals surface area contributed by atoms with Crippen LogP contribution in [0.5, 0.6) is 11.5 Å². The first-order valence-corrected chi connectivity index (χ1v) is 5.86. The maximum atomic E-state index is 9.38. The van der Waals surface area contributed by atoms with Crippen LogP contribution in [0.2, 0.25) is 0 Å². The fourth-order valence-electron chi connectivity index (χ4n) is 2.30. The van der Waals surface area contributed by atoms with Crippen LogP contribution >= 0.6 is 0 Å². The fourth-order valence-corrected chi connectivity index (χ4v) is 2.30. The maximum absolute atomic E-state index is 9.38. The Morgan fingerprint density at radius 2 is 2.12 bits per heavy atom. The molecule has 1 aromatic carbocycles. The molecule has 2 N–H and O–H groups in total. The Labute approximate surface area is 96.4 Å². The van der Waals surface area contributed by atoms with E-state index in [1.807, 2.05) is 6.07 Å². The van der Waals surface area contributed by atoms with Gasteiger partial charge in [0, 0.05) is 6.07 Å². The van der Waals surface area contributed by atoms with E-state index in [1.54, 1.807) is 19.2 Å². The molecule has 88 valence electrons. The van der Waals surface area contributed by atoms with Crippen molar-refractivity contribution in [3.8, 4) is 11.5 Å². The number of rotatable bonds is 3. The molecule has 2 rings (SSSR count). The summed E-state index contributed by atoms with van der Waals surface area (Å²) < 4.78 is 5.29. The van der Waals surface area contributed by atoms with Crippen LogP contribution < -0.4 is 10.1 Å². The molecule has 3 heteroatoms. The van der Waals surface area contributed by atoms with Crippen LogP contribution in [0, 0.1) is 5.92 Å². The van der Waals surface area contributed by atoms with Crippen molar-refractivity contribution in [2.75, 3.05) is 20.2 Å². The standard InChI is InChI=1S/C13H19NO2/c1-16-13-9-12(15)3-2-11(13)8-10-4-6-14-7-5-10/h2-3,9-10,14-15H,4-8H2,1H3. The summed E-state index contributed by atoms with van der Waals surface area (Å²) in [4.78, 5) is 0. The van der Waals surface area contributed by atoms with Crippen molar-refractivity contribution in [1.82, 2.24) is 5.32 Å². The van der Waals surface area contributed by atoms with E-state index in [9.17, 15) is 5.11 Å². The lowest BCUT2D eigenvalue weighted by atomic mass is 9.90. The average molecular weight is 221 g/mol. The lowest BCUT2D eigenvalue weighted by molar-refractivity contribution is 0.359. The molecule has 3 nitrogen and oxygen atoms in total. The van der Waals surface area contributed by atoms with Gasteiger partial charge in [-0.2, -0.15) is 0 Å². The number of benzene rings is 1. The van der Waals surface area contributed by atoms with E-state index in [0.29, 0.717) is 0 Å². The second-order valence-corrected chi connectivity index (χ2v) is 4.39. The van der Waals surface area contributed by atoms with E-state index < -0.39 is 0 Å². The summed E-state index contributed by atoms with van der Waals surface area (Å²) in [6.07, 6.45) is 3.50. The van der Waals surface area contributed by atoms with Gasteiger partial charge in [-0.1, -0.05) is 6.07 Å². The molecule has 0 unspecified atom stereocenters. The summed E-state index contributed by atoms with van der Waals surface area (Å²) in [5, 5.41) is 12.8. The summed E-state index contributed by atoms with van der Waals surface area (Å²) in [5.41, 5.74) is 1.20. The first-order valence-electron chi connectivity index (χ1n) is 5.86. The zero-order valence-corrected chi connectivity index (χ0v) is 9.70. The van der Waals surface area contributed by atoms with Gasteiger partial charge in [0.25, 0.3) is 0 Å². The van der Waals surface area contributed by atoms with E-state index >= 15 is 0 Å². The Morgan fingerprint density at radius 3 is 2.81 bits per heavy atom. The SMILES string of the molecule is COc1cc(O)ccc1CC1CCNCC1. The summed E-state index contributed by atoms with van der Waals surface area (Å²) in [6, 6.07) is 5.39. The lowest BCUT2D eigenvalue weighted by Gasteiger charge is -2.23. The van der Waals surface area contributed by atoms with Crippen molar-refractivity contribution in [3.63, 3.8) is 0 Å². The first kappa shape index (κ1) is 11.3. The zero-order chi connectivity index (χ0) is 11.4. The molecular weight excluding hydrogens is 202 g/mol. The van der Waals surface area contributed by atoms with Gasteiger partial charge in [0.15, 0.2) is 0 Å². The molecule has 0 saturated carbocycles. The van der Waals surface area contributed by atoms with Gasteiger partial charge >= 0.3 is 0 Å². The Kier molecular flexibility index (Phi) is 3.67. The van der Waals surface area contributed by atoms with Crippen LogP contribution in [-0.4, -0.2) is 25.3 Å². The van der Waals surface area contributed by atoms with Crippen molar-refractivity contribution < 1.29 is 9.84 Å². The third-order valence-electron chi connectivity index (χ3n) is 3.24. The lowest BCUT2D eigenvalue weighted by Crippen LogP contribution is -2.28. The highest BCUT2D eigenvalue weighted by Gasteiger charge is 2.15. The number of hydrogen-bond donors (Lipinski definition) is 2. The van der Waals surface area contributed by atoms with Gasteiger partial charge in [0.05, 0.1) is 7.11 Å². The summed E-state index contributed by atoms with van der Waals surface area (Å²) >= 11 is 0. The van der Waals surface area contributed by atoms with Gasteiger partial charge in [-0.25, -0.2) is 0 Å². The number of aromatic hydroxyl groups is 1. The summed E-state index contributed by atoms with van der Waals surface area (Å²) in [7, 11) is 1.65. The molecule has 1 aromatic rings. The second kappa shape index (κ2) is 5.21. The minimum Gasteiger partial charge on any atom is -0.508 e. The minimum absolute atomic E-state index is 0.269. The zero-order valence-electron chi connectivity index (χ0n) is 9.70. The number of piperidine rings is 1. The normalized spacial score (nSPS) is 17.3. The van der Waals surface area contributed by atoms with Crippen molar-refractivity contribution >= 4 is 0 Å². The van der Waals surface area contributed by atoms with Crippen molar-refractivity contribution in [3.05, 3.63) is 23.8 Å². The summed E-state index contributed by atoms with van der Waals surface area (Å²) in [5.74, 6) is 1.81. The van der Waals surface area contributed by atoms with E-state index in [2.05, 4.69) is 5.32 Å². The van der Waals surface area contributed by atoms with Crippen LogP contribution in [0.25, 0.3) is 0 Å².